The summed E-state index contributed by atoms with van der Waals surface area (Å²) in [5, 5.41) is 24.4. The highest BCUT2D eigenvalue weighted by molar-refractivity contribution is 6.67. The van der Waals surface area contributed by atoms with Crippen LogP contribution in [0.3, 0.4) is 0 Å². The summed E-state index contributed by atoms with van der Waals surface area (Å²) in [6.07, 6.45) is 3.20. The van der Waals surface area contributed by atoms with Crippen LogP contribution in [0.1, 0.15) is 98.1 Å². The second kappa shape index (κ2) is 40.4. The predicted octanol–water partition coefficient (Wildman–Crippen LogP) is 25.0. The number of para-hydroxylation sites is 10. The van der Waals surface area contributed by atoms with Gasteiger partial charge in [0.05, 0.1) is 69.2 Å². The Labute approximate surface area is 773 Å². The molecule has 21 rings (SSSR count). The van der Waals surface area contributed by atoms with Gasteiger partial charge in [0, 0.05) is 165 Å². The van der Waals surface area contributed by atoms with Crippen LogP contribution < -0.4 is 31.4 Å². The van der Waals surface area contributed by atoms with Gasteiger partial charge in [-0.2, -0.15) is 0 Å². The molecule has 2 unspecified atom stereocenters. The number of fused-ring (bicyclic) bond motifs is 18. The molecule has 21 aromatic rings. The van der Waals surface area contributed by atoms with E-state index in [0.29, 0.717) is 76.7 Å². The number of esters is 2. The number of carbonyl (C=O) groups is 3. The quantitative estimate of drug-likeness (QED) is 0.0453. The monoisotopic (exact) mass is 1780 g/mol. The van der Waals surface area contributed by atoms with Crippen LogP contribution in [0.25, 0.3) is 164 Å². The molecule has 0 saturated heterocycles. The largest absolute Gasteiger partial charge is 0.463 e. The highest BCUT2D eigenvalue weighted by atomic mass is 35.5. The second-order valence-corrected chi connectivity index (χ2v) is 32.7. The number of anilines is 3. The van der Waals surface area contributed by atoms with E-state index in [1.807, 2.05) is 202 Å². The van der Waals surface area contributed by atoms with Gasteiger partial charge in [-0.05, 0) is 149 Å². The molecule has 676 valence electrons. The van der Waals surface area contributed by atoms with Crippen molar-refractivity contribution in [1.29, 1.82) is 0 Å². The van der Waals surface area contributed by atoms with E-state index in [9.17, 15) is 33.9 Å². The molecular formula is C111H116ClN11O9. The van der Waals surface area contributed by atoms with Crippen molar-refractivity contribution in [1.82, 2.24) is 37.3 Å². The summed E-state index contributed by atoms with van der Waals surface area (Å²) in [7, 11) is 5.89. The summed E-state index contributed by atoms with van der Waals surface area (Å²) in [5.74, 6) is -0.567. The third-order valence-corrected chi connectivity index (χ3v) is 24.6. The molecule has 0 spiro atoms. The Morgan fingerprint density at radius 2 is 0.712 bits per heavy atom. The standard InChI is InChI=1S/C41H38N4O3.C25H21N3O3.C21H17N3O2.C14H11N.C4H5ClO.6CH4/c1-5-41(3,25-26(2)44-34-18-9-6-13-27(34)28-14-7-10-19-35(28)44)40(47)48-24-23-43(4)33-22-21-31-37-29(33)15-12-16-30(37)38-42-32-17-8-11-20-36(32)45(38)39(31)46;1-15(2)25(30)31-14-13-27(3)20-12-11-18-22-16(20)7-6-8-17(22)23-26-19-9-4-5-10-21(19)28(23)24(18)29;1-23(11-12-25)17-10-9-15-19-13(17)5-4-6-14(19)20-22-16-7-2-3-8-18(16)24(20)21(15)26;1-2-15-13-9-5-3-7-11(13)12-8-4-6-10-14(12)15;1-3(2)4(5)6;;;;;;/h6-22,26H,5,23-25H2,1-4H3;4-12H,1,13-14H2,2-3H3;2-10,25H,11-12H2,1H3;2-10H,1H2;1H2,2H3;6*1H4. The molecule has 0 aliphatic carbocycles. The molecule has 8 aromatic heterocycles. The number of hydrogen-bond acceptors (Lipinski definition) is 15. The molecule has 21 heteroatoms. The van der Waals surface area contributed by atoms with Crippen LogP contribution in [-0.4, -0.2) is 120 Å². The van der Waals surface area contributed by atoms with Crippen LogP contribution in [0.15, 0.2) is 306 Å². The molecule has 0 fully saturated rings. The molecule has 8 heterocycles. The van der Waals surface area contributed by atoms with Gasteiger partial charge in [-0.1, -0.05) is 235 Å². The molecular weight excluding hydrogens is 1670 g/mol. The molecule has 20 nitrogen and oxygen atoms in total. The molecule has 0 radical (unpaired) electrons. The summed E-state index contributed by atoms with van der Waals surface area (Å²) in [6, 6.07) is 86.7. The Bertz CT molecular complexity index is 7990. The van der Waals surface area contributed by atoms with Crippen LogP contribution in [0.2, 0.25) is 0 Å². The molecule has 13 aromatic carbocycles. The molecule has 2 atom stereocenters. The summed E-state index contributed by atoms with van der Waals surface area (Å²) in [6.45, 7) is 22.4. The molecule has 1 N–H and O–H groups in total. The number of allylic oxidation sites excluding steroid dienone is 1. The predicted molar refractivity (Wildman–Crippen MR) is 558 cm³/mol. The lowest BCUT2D eigenvalue weighted by atomic mass is 9.81. The van der Waals surface area contributed by atoms with Gasteiger partial charge in [-0.3, -0.25) is 37.2 Å². The van der Waals surface area contributed by atoms with Crippen molar-refractivity contribution in [3.8, 4) is 0 Å². The summed E-state index contributed by atoms with van der Waals surface area (Å²) in [4.78, 5) is 96.0. The minimum absolute atomic E-state index is 0. The van der Waals surface area contributed by atoms with E-state index in [-0.39, 0.29) is 93.1 Å². The lowest BCUT2D eigenvalue weighted by Crippen LogP contribution is -2.34. The van der Waals surface area contributed by atoms with Gasteiger partial charge in [0.25, 0.3) is 16.7 Å². The Kier molecular flexibility index (Phi) is 29.9. The maximum atomic E-state index is 13.8. The van der Waals surface area contributed by atoms with Gasteiger partial charge in [0.2, 0.25) is 5.24 Å². The van der Waals surface area contributed by atoms with Gasteiger partial charge < -0.3 is 38.4 Å². The van der Waals surface area contributed by atoms with Crippen LogP contribution in [0.5, 0.6) is 0 Å². The van der Waals surface area contributed by atoms with Crippen molar-refractivity contribution in [2.75, 3.05) is 75.3 Å². The fraction of sp³-hybridized carbons (Fsp3) is 0.216. The summed E-state index contributed by atoms with van der Waals surface area (Å²) >= 11 is 4.87. The van der Waals surface area contributed by atoms with Crippen molar-refractivity contribution in [3.05, 3.63) is 323 Å². The minimum atomic E-state index is -0.642. The van der Waals surface area contributed by atoms with E-state index >= 15 is 0 Å². The smallest absolute Gasteiger partial charge is 0.333 e. The van der Waals surface area contributed by atoms with Crippen LogP contribution >= 0.6 is 11.6 Å². The third kappa shape index (κ3) is 17.3. The number of likely N-dealkylation sites (N-methyl/N-ethyl adjacent to an activating group) is 3. The number of halogens is 1. The van der Waals surface area contributed by atoms with E-state index in [1.165, 1.54) is 43.6 Å². The lowest BCUT2D eigenvalue weighted by molar-refractivity contribution is -0.155. The van der Waals surface area contributed by atoms with Gasteiger partial charge >= 0.3 is 11.9 Å². The molecule has 0 aliphatic heterocycles. The SMILES string of the molecule is C.C.C.C.C.C.C=C(C)C(=O)Cl.C=C(C)C(=O)OCCN(C)c1ccc2c(=O)n3c4ccccc4nc3c3cccc1c23.C=Cn1c2ccccc2c2ccccc21.CCC(C)(CC(C)n1c2ccccc2c2ccccc21)C(=O)OCCN(C)c1ccc2c(=O)n3c4ccccc4nc3c3cccc1c23.CN(CCO)c1ccc2c(=O)n3c4ccccc4nc3c3cccc1c23. The van der Waals surface area contributed by atoms with E-state index < -0.39 is 16.6 Å². The molecule has 132 heavy (non-hydrogen) atoms. The number of nitrogens with zero attached hydrogens (tertiary/aromatic N) is 11. The molecule has 0 aliphatic rings. The van der Waals surface area contributed by atoms with Gasteiger partial charge in [-0.15, -0.1) is 0 Å². The first-order valence-electron chi connectivity index (χ1n) is 42.0. The molecule has 0 bridgehead atoms. The van der Waals surface area contributed by atoms with E-state index in [4.69, 9.17) is 36.0 Å². The number of pyridine rings is 3. The average molecular weight is 1780 g/mol. The first kappa shape index (κ1) is 97.7. The first-order chi connectivity index (χ1) is 61.0. The number of hydrogen-bond donors (Lipinski definition) is 1. The van der Waals surface area contributed by atoms with Crippen molar-refractivity contribution >= 4 is 210 Å². The van der Waals surface area contributed by atoms with Crippen molar-refractivity contribution in [2.45, 2.75) is 98.1 Å². The zero-order valence-corrected chi connectivity index (χ0v) is 72.0. The zero-order chi connectivity index (χ0) is 88.1. The number of rotatable bonds is 19. The number of benzene rings is 13. The Morgan fingerprint density at radius 3 is 1.04 bits per heavy atom. The topological polar surface area (TPSA) is 213 Å². The van der Waals surface area contributed by atoms with E-state index in [1.54, 1.807) is 27.0 Å². The van der Waals surface area contributed by atoms with Crippen LogP contribution in [-0.2, 0) is 23.9 Å². The number of imidazole rings is 3. The van der Waals surface area contributed by atoms with E-state index in [0.717, 1.165) is 98.6 Å². The highest BCUT2D eigenvalue weighted by Gasteiger charge is 2.36. The Morgan fingerprint density at radius 1 is 0.417 bits per heavy atom. The fourth-order valence-electron chi connectivity index (χ4n) is 17.9. The number of aromatic nitrogens is 8. The van der Waals surface area contributed by atoms with Gasteiger partial charge in [0.1, 0.15) is 30.2 Å². The fourth-order valence-corrected chi connectivity index (χ4v) is 17.9. The maximum absolute atomic E-state index is 13.8. The maximum Gasteiger partial charge on any atom is 0.333 e. The number of ether oxygens (including phenoxy) is 2. The van der Waals surface area contributed by atoms with E-state index in [2.05, 4.69) is 151 Å². The van der Waals surface area contributed by atoms with Crippen molar-refractivity contribution < 1.29 is 29.0 Å². The zero-order valence-electron chi connectivity index (χ0n) is 71.3. The van der Waals surface area contributed by atoms with Gasteiger partial charge in [-0.25, -0.2) is 19.7 Å². The molecule has 0 amide bonds. The first-order valence-corrected chi connectivity index (χ1v) is 42.3. The number of carbonyl (C=O) groups excluding carboxylic acids is 3. The minimum Gasteiger partial charge on any atom is -0.463 e. The van der Waals surface area contributed by atoms with Crippen molar-refractivity contribution in [3.63, 3.8) is 0 Å². The summed E-state index contributed by atoms with van der Waals surface area (Å²) in [5.41, 5.74) is 14.6. The van der Waals surface area contributed by atoms with Gasteiger partial charge in [0.15, 0.2) is 0 Å². The normalized spacial score (nSPS) is 11.7. The summed E-state index contributed by atoms with van der Waals surface area (Å²) < 4.78 is 20.9. The van der Waals surface area contributed by atoms with Crippen LogP contribution in [0.4, 0.5) is 17.1 Å². The Hall–Kier alpha value is -14.9. The van der Waals surface area contributed by atoms with Crippen molar-refractivity contribution in [2.24, 2.45) is 5.41 Å². The third-order valence-electron chi connectivity index (χ3n) is 24.3. The second-order valence-electron chi connectivity index (χ2n) is 32.3. The average Bonchev–Trinajstić information content (AvgIpc) is 1.47. The number of aliphatic hydroxyl groups is 1. The lowest BCUT2D eigenvalue weighted by Gasteiger charge is -2.31. The highest BCUT2D eigenvalue weighted by Crippen LogP contribution is 2.42. The van der Waals surface area contributed by atoms with Crippen LogP contribution in [0, 0.1) is 5.41 Å². The molecule has 0 saturated carbocycles. The number of aliphatic hydroxyl groups excluding tert-OH is 1. The Balaban J connectivity index is 0.000000174.